The number of ether oxygens (including phenoxy) is 3. The van der Waals surface area contributed by atoms with E-state index in [1.807, 2.05) is 0 Å². The molecular weight excluding hydrogens is 348 g/mol. The first-order valence-corrected chi connectivity index (χ1v) is 9.20. The molecule has 27 heavy (non-hydrogen) atoms. The topological polar surface area (TPSA) is 87.5 Å². The highest BCUT2D eigenvalue weighted by molar-refractivity contribution is 5.96. The van der Waals surface area contributed by atoms with Crippen molar-refractivity contribution in [1.29, 1.82) is 0 Å². The predicted molar refractivity (Wildman–Crippen MR) is 99.3 cm³/mol. The summed E-state index contributed by atoms with van der Waals surface area (Å²) in [7, 11) is 2.99. The number of carbonyl (C=O) groups is 1. The van der Waals surface area contributed by atoms with E-state index in [9.17, 15) is 4.79 Å². The van der Waals surface area contributed by atoms with Crippen LogP contribution in [0.3, 0.4) is 0 Å². The third-order valence-corrected chi connectivity index (χ3v) is 4.54. The molecule has 3 heterocycles. The van der Waals surface area contributed by atoms with Crippen LogP contribution in [0.25, 0.3) is 0 Å². The molecule has 0 fully saturated rings. The second-order valence-electron chi connectivity index (χ2n) is 6.31. The Labute approximate surface area is 158 Å². The van der Waals surface area contributed by atoms with E-state index in [1.165, 1.54) is 25.5 Å². The first-order chi connectivity index (χ1) is 13.2. The van der Waals surface area contributed by atoms with Gasteiger partial charge in [-0.1, -0.05) is 6.92 Å². The molecule has 1 N–H and O–H groups in total. The predicted octanol–water partition coefficient (Wildman–Crippen LogP) is 1.75. The number of hydrogen-bond acceptors (Lipinski definition) is 6. The second kappa shape index (κ2) is 8.85. The fourth-order valence-electron chi connectivity index (χ4n) is 3.23. The summed E-state index contributed by atoms with van der Waals surface area (Å²) in [5.41, 5.74) is 3.82. The van der Waals surface area contributed by atoms with Crippen LogP contribution in [0.15, 0.2) is 12.1 Å². The maximum Gasteiger partial charge on any atom is 0.256 e. The largest absolute Gasteiger partial charge is 0.481 e. The number of carbonyl (C=O) groups excluding carboxylic acids is 1. The number of nitrogens with one attached hydrogen (secondary N) is 1. The summed E-state index contributed by atoms with van der Waals surface area (Å²) < 4.78 is 17.9. The van der Waals surface area contributed by atoms with Gasteiger partial charge in [-0.2, -0.15) is 10.1 Å². The lowest BCUT2D eigenvalue weighted by Crippen LogP contribution is -2.26. The molecule has 0 spiro atoms. The van der Waals surface area contributed by atoms with Gasteiger partial charge in [0.05, 0.1) is 33.1 Å². The van der Waals surface area contributed by atoms with Gasteiger partial charge in [0.1, 0.15) is 5.56 Å². The van der Waals surface area contributed by atoms with Gasteiger partial charge in [0.2, 0.25) is 11.8 Å². The Morgan fingerprint density at radius 2 is 2.19 bits per heavy atom. The van der Waals surface area contributed by atoms with Crippen LogP contribution in [0.2, 0.25) is 0 Å². The quantitative estimate of drug-likeness (QED) is 0.757. The number of amides is 1. The maximum atomic E-state index is 12.5. The van der Waals surface area contributed by atoms with E-state index in [2.05, 4.69) is 21.9 Å². The maximum absolute atomic E-state index is 12.5. The molecule has 0 saturated heterocycles. The van der Waals surface area contributed by atoms with Crippen molar-refractivity contribution in [2.45, 2.75) is 39.3 Å². The molecule has 0 radical (unpaired) electrons. The van der Waals surface area contributed by atoms with Crippen molar-refractivity contribution in [2.75, 3.05) is 27.4 Å². The number of pyridine rings is 1. The standard InChI is InChI=1S/C19H26N4O4/c1-4-10-23-16-8-11-27-12-14(16)15(22-23)7-9-20-18(24)13-5-6-17(25-2)21-19(13)26-3/h5-6H,4,7-12H2,1-3H3,(H,20,24). The number of fused-ring (bicyclic) bond motifs is 1. The molecule has 0 aromatic carbocycles. The van der Waals surface area contributed by atoms with Crippen molar-refractivity contribution < 1.29 is 19.0 Å². The van der Waals surface area contributed by atoms with Crippen molar-refractivity contribution in [3.8, 4) is 11.8 Å². The summed E-state index contributed by atoms with van der Waals surface area (Å²) in [5, 5.41) is 7.66. The minimum Gasteiger partial charge on any atom is -0.481 e. The van der Waals surface area contributed by atoms with E-state index in [-0.39, 0.29) is 11.8 Å². The van der Waals surface area contributed by atoms with Gasteiger partial charge in [-0.05, 0) is 12.5 Å². The van der Waals surface area contributed by atoms with E-state index < -0.39 is 0 Å². The summed E-state index contributed by atoms with van der Waals surface area (Å²) in [4.78, 5) is 16.6. The first kappa shape index (κ1) is 19.2. The number of aryl methyl sites for hydroxylation is 1. The van der Waals surface area contributed by atoms with Crippen LogP contribution in [0.4, 0.5) is 0 Å². The molecule has 0 saturated carbocycles. The molecule has 0 atom stereocenters. The summed E-state index contributed by atoms with van der Waals surface area (Å²) >= 11 is 0. The Morgan fingerprint density at radius 3 is 2.93 bits per heavy atom. The summed E-state index contributed by atoms with van der Waals surface area (Å²) in [6.07, 6.45) is 2.58. The lowest BCUT2D eigenvalue weighted by atomic mass is 10.1. The van der Waals surface area contributed by atoms with Crippen molar-refractivity contribution in [3.05, 3.63) is 34.6 Å². The van der Waals surface area contributed by atoms with Crippen LogP contribution in [0, 0.1) is 0 Å². The number of aromatic nitrogens is 3. The summed E-state index contributed by atoms with van der Waals surface area (Å²) in [6, 6.07) is 3.28. The normalized spacial score (nSPS) is 13.1. The van der Waals surface area contributed by atoms with E-state index in [4.69, 9.17) is 19.3 Å². The van der Waals surface area contributed by atoms with Gasteiger partial charge < -0.3 is 19.5 Å². The minimum atomic E-state index is -0.236. The van der Waals surface area contributed by atoms with Crippen molar-refractivity contribution in [1.82, 2.24) is 20.1 Å². The Balaban J connectivity index is 1.65. The molecule has 2 aromatic heterocycles. The Bertz CT molecular complexity index is 803. The van der Waals surface area contributed by atoms with E-state index in [0.29, 0.717) is 31.0 Å². The zero-order valence-corrected chi connectivity index (χ0v) is 16.1. The van der Waals surface area contributed by atoms with Crippen molar-refractivity contribution in [2.24, 2.45) is 0 Å². The van der Waals surface area contributed by atoms with Crippen LogP contribution in [-0.2, 0) is 30.7 Å². The fourth-order valence-corrected chi connectivity index (χ4v) is 3.23. The number of methoxy groups -OCH3 is 2. The Hall–Kier alpha value is -2.61. The number of rotatable bonds is 8. The van der Waals surface area contributed by atoms with Crippen LogP contribution in [0.1, 0.15) is 40.7 Å². The molecule has 1 aliphatic heterocycles. The van der Waals surface area contributed by atoms with E-state index >= 15 is 0 Å². The fraction of sp³-hybridized carbons (Fsp3) is 0.526. The van der Waals surface area contributed by atoms with Gasteiger partial charge in [-0.25, -0.2) is 0 Å². The van der Waals surface area contributed by atoms with Gasteiger partial charge in [0, 0.05) is 43.3 Å². The molecule has 1 aliphatic rings. The molecule has 8 nitrogen and oxygen atoms in total. The van der Waals surface area contributed by atoms with Crippen LogP contribution >= 0.6 is 0 Å². The zero-order valence-electron chi connectivity index (χ0n) is 16.1. The third-order valence-electron chi connectivity index (χ3n) is 4.54. The highest BCUT2D eigenvalue weighted by Gasteiger charge is 2.21. The van der Waals surface area contributed by atoms with Crippen molar-refractivity contribution >= 4 is 5.91 Å². The van der Waals surface area contributed by atoms with Crippen molar-refractivity contribution in [3.63, 3.8) is 0 Å². The van der Waals surface area contributed by atoms with Gasteiger partial charge in [0.15, 0.2) is 0 Å². The van der Waals surface area contributed by atoms with Gasteiger partial charge >= 0.3 is 0 Å². The second-order valence-corrected chi connectivity index (χ2v) is 6.31. The third kappa shape index (κ3) is 4.21. The van der Waals surface area contributed by atoms with E-state index in [1.54, 1.807) is 12.1 Å². The molecule has 146 valence electrons. The monoisotopic (exact) mass is 374 g/mol. The number of nitrogens with zero attached hydrogens (tertiary/aromatic N) is 3. The molecule has 8 heteroatoms. The summed E-state index contributed by atoms with van der Waals surface area (Å²) in [6.45, 7) is 4.86. The van der Waals surface area contributed by atoms with Crippen LogP contribution in [0.5, 0.6) is 11.8 Å². The molecule has 3 rings (SSSR count). The smallest absolute Gasteiger partial charge is 0.256 e. The molecular formula is C19H26N4O4. The van der Waals surface area contributed by atoms with Gasteiger partial charge in [-0.15, -0.1) is 0 Å². The average molecular weight is 374 g/mol. The molecule has 0 aliphatic carbocycles. The van der Waals surface area contributed by atoms with E-state index in [0.717, 1.165) is 31.7 Å². The number of hydrogen-bond donors (Lipinski definition) is 1. The first-order valence-electron chi connectivity index (χ1n) is 9.20. The lowest BCUT2D eigenvalue weighted by molar-refractivity contribution is 0.0950. The highest BCUT2D eigenvalue weighted by Crippen LogP contribution is 2.22. The van der Waals surface area contributed by atoms with Crippen LogP contribution in [-0.4, -0.2) is 48.0 Å². The Kier molecular flexibility index (Phi) is 6.28. The van der Waals surface area contributed by atoms with Gasteiger partial charge in [-0.3, -0.25) is 9.48 Å². The molecule has 0 bridgehead atoms. The average Bonchev–Trinajstić information content (AvgIpc) is 3.05. The molecule has 2 aromatic rings. The highest BCUT2D eigenvalue weighted by atomic mass is 16.5. The minimum absolute atomic E-state index is 0.236. The zero-order chi connectivity index (χ0) is 19.2. The summed E-state index contributed by atoms with van der Waals surface area (Å²) in [5.74, 6) is 0.404. The van der Waals surface area contributed by atoms with Gasteiger partial charge in [0.25, 0.3) is 5.91 Å². The lowest BCUT2D eigenvalue weighted by Gasteiger charge is -2.15. The Morgan fingerprint density at radius 1 is 1.33 bits per heavy atom. The molecule has 1 amide bonds. The SMILES string of the molecule is CCCn1nc(CCNC(=O)c2ccc(OC)nc2OC)c2c1CCOC2. The molecule has 0 unspecified atom stereocenters. The van der Waals surface area contributed by atoms with Crippen LogP contribution < -0.4 is 14.8 Å².